The summed E-state index contributed by atoms with van der Waals surface area (Å²) in [4.78, 5) is 0. The Balaban J connectivity index is -0.0000000112. The van der Waals surface area contributed by atoms with Gasteiger partial charge in [0.15, 0.2) is 0 Å². The summed E-state index contributed by atoms with van der Waals surface area (Å²) in [5, 5.41) is 0. The topological polar surface area (TPSA) is 126 Å². The molecule has 0 rings (SSSR count). The summed E-state index contributed by atoms with van der Waals surface area (Å²) in [5.74, 6) is 0. The summed E-state index contributed by atoms with van der Waals surface area (Å²) in [6.07, 6.45) is 0. The zero-order valence-electron chi connectivity index (χ0n) is 7.40. The third kappa shape index (κ3) is 109. The van der Waals surface area contributed by atoms with Crippen LogP contribution in [0.5, 0.6) is 0 Å². The van der Waals surface area contributed by atoms with E-state index in [-0.39, 0.29) is 21.9 Å². The van der Waals surface area contributed by atoms with Crippen molar-refractivity contribution >= 4 is 0 Å². The van der Waals surface area contributed by atoms with E-state index in [0.29, 0.717) is 0 Å². The van der Waals surface area contributed by atoms with E-state index in [2.05, 4.69) is 0 Å². The number of hydrogen-bond acceptors (Lipinski definition) is 0. The molecule has 0 amide bonds. The molecule has 0 aromatic carbocycles. The van der Waals surface area contributed by atoms with Crippen molar-refractivity contribution in [3.05, 3.63) is 0 Å². The van der Waals surface area contributed by atoms with Crippen molar-refractivity contribution in [3.63, 3.8) is 0 Å². The molecule has 54 valence electrons. The molecule has 0 saturated heterocycles. The van der Waals surface area contributed by atoms with Crippen LogP contribution in [0.3, 0.4) is 0 Å². The van der Waals surface area contributed by atoms with E-state index in [9.17, 15) is 0 Å². The average molecular weight is 1300 g/mol. The molecule has 0 fully saturated rings. The third-order valence-electron chi connectivity index (χ3n) is 0. The van der Waals surface area contributed by atoms with E-state index >= 15 is 0 Å². The van der Waals surface area contributed by atoms with Crippen LogP contribution in [-0.4, -0.2) is 21.9 Å². The Morgan fingerprint density at radius 3 is 0.417 bits per heavy atom. The van der Waals surface area contributed by atoms with Crippen LogP contribution < -0.4 is 0 Å². The summed E-state index contributed by atoms with van der Waals surface area (Å²) in [6, 6.07) is 0. The molecule has 0 heterocycles. The van der Waals surface area contributed by atoms with Crippen LogP contribution in [0, 0.1) is 0 Å². The van der Waals surface area contributed by atoms with Gasteiger partial charge in [0.1, 0.15) is 0 Å². The van der Waals surface area contributed by atoms with Gasteiger partial charge in [-0.05, 0) is 0 Å². The molecule has 0 unspecified atom stereocenters. The second-order valence-corrected chi connectivity index (χ2v) is 133. The first kappa shape index (κ1) is 36.0. The van der Waals surface area contributed by atoms with Crippen molar-refractivity contribution in [3.8, 4) is 0 Å². The van der Waals surface area contributed by atoms with E-state index in [1.54, 1.807) is 0 Å². The molecule has 0 spiro atoms. The van der Waals surface area contributed by atoms with E-state index in [4.69, 9.17) is 0 Å². The Bertz CT molecular complexity index is 33.0. The van der Waals surface area contributed by atoms with Crippen LogP contribution >= 0.6 is 0 Å². The van der Waals surface area contributed by atoms with Gasteiger partial charge in [0.2, 0.25) is 0 Å². The first-order chi connectivity index (χ1) is 3.46. The average Bonchev–Trinajstić information content (AvgIpc) is 1.25. The van der Waals surface area contributed by atoms with Crippen molar-refractivity contribution in [2.45, 2.75) is -3.11 Å². The molecule has 0 radical (unpaired) electrons. The number of hydrogen-bond donors (Lipinski definition) is 0. The monoisotopic (exact) mass is 1310 g/mol. The maximum atomic E-state index is 1.42. The SMILES string of the molecule is O.O.O.O.[Hg][CH]([Hg])[Hg].[Hg][CH]([Hg])[Hg]. The summed E-state index contributed by atoms with van der Waals surface area (Å²) in [5.41, 5.74) is 0. The molecule has 4 nitrogen and oxygen atoms in total. The minimum atomic E-state index is 0. The van der Waals surface area contributed by atoms with E-state index in [0.717, 1.165) is 0 Å². The quantitative estimate of drug-likeness (QED) is 0.236. The van der Waals surface area contributed by atoms with Gasteiger partial charge >= 0.3 is 154 Å². The van der Waals surface area contributed by atoms with Gasteiger partial charge in [0.25, 0.3) is 0 Å². The van der Waals surface area contributed by atoms with Gasteiger partial charge in [-0.1, -0.05) is 0 Å². The second-order valence-electron chi connectivity index (χ2n) is 1.73. The van der Waals surface area contributed by atoms with Gasteiger partial charge in [-0.25, -0.2) is 0 Å². The Kier molecular flexibility index (Phi) is 89.9. The summed E-state index contributed by atoms with van der Waals surface area (Å²) >= 11 is 7.17. The first-order valence-electron chi connectivity index (χ1n) is 2.45. The van der Waals surface area contributed by atoms with Gasteiger partial charge in [-0.15, -0.1) is 0 Å². The molecule has 0 aliphatic heterocycles. The van der Waals surface area contributed by atoms with E-state index in [1.165, 1.54) is 154 Å². The summed E-state index contributed by atoms with van der Waals surface area (Å²) in [7, 11) is 0. The standard InChI is InChI=1S/2CH.6Hg.4H2O/h2*1H;;;;;;;4*1H2. The van der Waals surface area contributed by atoms with Crippen LogP contribution in [-0.2, 0) is 157 Å². The van der Waals surface area contributed by atoms with Crippen LogP contribution in [0.15, 0.2) is 0 Å². The van der Waals surface area contributed by atoms with Crippen molar-refractivity contribution in [1.82, 2.24) is 0 Å². The van der Waals surface area contributed by atoms with Gasteiger partial charge < -0.3 is 21.9 Å². The fourth-order valence-corrected chi connectivity index (χ4v) is 0. The Hall–Kier alpha value is 5.45. The fraction of sp³-hybridized carbons (Fsp3) is 1.00. The van der Waals surface area contributed by atoms with Crippen LogP contribution in [0.25, 0.3) is 0 Å². The van der Waals surface area contributed by atoms with Crippen molar-refractivity contribution in [2.75, 3.05) is 0 Å². The van der Waals surface area contributed by atoms with Gasteiger partial charge in [0.05, 0.1) is 0 Å². The summed E-state index contributed by atoms with van der Waals surface area (Å²) < 4.78 is 2.83. The van der Waals surface area contributed by atoms with Crippen molar-refractivity contribution < 1.29 is 179 Å². The minimum absolute atomic E-state index is 0. The molecule has 0 bridgehead atoms. The molecule has 0 aliphatic carbocycles. The molecule has 0 aromatic rings. The molecule has 10 heteroatoms. The van der Waals surface area contributed by atoms with Crippen LogP contribution in [0.4, 0.5) is 0 Å². The van der Waals surface area contributed by atoms with Gasteiger partial charge in [-0.2, -0.15) is 0 Å². The Morgan fingerprint density at radius 2 is 0.417 bits per heavy atom. The maximum absolute atomic E-state index is 1.42. The van der Waals surface area contributed by atoms with E-state index < -0.39 is 0 Å². The van der Waals surface area contributed by atoms with Crippen molar-refractivity contribution in [1.29, 1.82) is 0 Å². The molecule has 0 aliphatic rings. The molecule has 0 saturated carbocycles. The van der Waals surface area contributed by atoms with Gasteiger partial charge in [-0.3, -0.25) is 0 Å². The zero-order valence-corrected chi connectivity index (χ0v) is 40.4. The van der Waals surface area contributed by atoms with Crippen LogP contribution in [0.1, 0.15) is 0 Å². The van der Waals surface area contributed by atoms with E-state index in [1.807, 2.05) is 0 Å². The third-order valence-corrected chi connectivity index (χ3v) is 0. The van der Waals surface area contributed by atoms with Gasteiger partial charge in [0, 0.05) is 0 Å². The molecule has 8 N–H and O–H groups in total. The number of rotatable bonds is 0. The molecule has 0 aromatic heterocycles. The molecular formula is C2H10Hg6O4. The zero-order chi connectivity index (χ0) is 7.15. The normalized spacial score (nSPS) is 6.50. The van der Waals surface area contributed by atoms with Crippen molar-refractivity contribution in [2.24, 2.45) is 0 Å². The molecule has 0 atom stereocenters. The summed E-state index contributed by atoms with van der Waals surface area (Å²) in [6.45, 7) is 0. The second kappa shape index (κ2) is 30.0. The Morgan fingerprint density at radius 1 is 0.417 bits per heavy atom. The molecular weight excluding hydrogens is 1290 g/mol. The fourth-order valence-electron chi connectivity index (χ4n) is 0. The molecule has 12 heavy (non-hydrogen) atoms. The predicted molar refractivity (Wildman–Crippen MR) is 22.0 cm³/mol. The van der Waals surface area contributed by atoms with Crippen LogP contribution in [0.2, 0.25) is -3.11 Å². The Labute approximate surface area is 171 Å². The first-order valence-corrected chi connectivity index (χ1v) is 21.5. The predicted octanol–water partition coefficient (Wildman–Crippen LogP) is -2.64.